The van der Waals surface area contributed by atoms with Crippen molar-refractivity contribution in [3.8, 4) is 0 Å². The minimum Gasteiger partial charge on any atom is -0.352 e. The first-order chi connectivity index (χ1) is 11.5. The summed E-state index contributed by atoms with van der Waals surface area (Å²) >= 11 is 0. The van der Waals surface area contributed by atoms with Crippen molar-refractivity contribution >= 4 is 22.0 Å². The molecular weight excluding hydrogens is 326 g/mol. The molecule has 1 aromatic carbocycles. The fourth-order valence-electron chi connectivity index (χ4n) is 2.40. The molecule has 1 N–H and O–H groups in total. The molecule has 24 heavy (non-hydrogen) atoms. The highest BCUT2D eigenvalue weighted by atomic mass is 32.2. The lowest BCUT2D eigenvalue weighted by molar-refractivity contribution is -0.122. The van der Waals surface area contributed by atoms with E-state index in [1.165, 1.54) is 9.71 Å². The topological polar surface area (TPSA) is 69.7 Å². The highest BCUT2D eigenvalue weighted by Gasteiger charge is 2.25. The van der Waals surface area contributed by atoms with E-state index >= 15 is 0 Å². The summed E-state index contributed by atoms with van der Waals surface area (Å²) < 4.78 is 26.2. The SMILES string of the molecule is C=CCNC(=O)CN1CCN(S(=O)(=O)/C=C/c2ccccc2)CC1. The molecule has 1 saturated heterocycles. The van der Waals surface area contributed by atoms with E-state index in [1.807, 2.05) is 35.2 Å². The number of nitrogens with one attached hydrogen (secondary N) is 1. The van der Waals surface area contributed by atoms with Crippen molar-refractivity contribution < 1.29 is 13.2 Å². The van der Waals surface area contributed by atoms with Crippen molar-refractivity contribution in [2.45, 2.75) is 0 Å². The lowest BCUT2D eigenvalue weighted by Crippen LogP contribution is -2.50. The van der Waals surface area contributed by atoms with Crippen molar-refractivity contribution in [3.63, 3.8) is 0 Å². The zero-order valence-electron chi connectivity index (χ0n) is 13.6. The van der Waals surface area contributed by atoms with E-state index in [2.05, 4.69) is 11.9 Å². The number of carbonyl (C=O) groups excluding carboxylic acids is 1. The first-order valence-corrected chi connectivity index (χ1v) is 9.35. The standard InChI is InChI=1S/C17H23N3O3S/c1-2-9-18-17(21)15-19-10-12-20(13-11-19)24(22,23)14-8-16-6-4-3-5-7-16/h2-8,14H,1,9-13,15H2,(H,18,21)/b14-8+. The van der Waals surface area contributed by atoms with Gasteiger partial charge in [0.15, 0.2) is 0 Å². The van der Waals surface area contributed by atoms with Gasteiger partial charge in [0, 0.05) is 38.1 Å². The maximum Gasteiger partial charge on any atom is 0.236 e. The van der Waals surface area contributed by atoms with E-state index in [1.54, 1.807) is 12.2 Å². The van der Waals surface area contributed by atoms with E-state index in [9.17, 15) is 13.2 Å². The Morgan fingerprint density at radius 3 is 2.46 bits per heavy atom. The van der Waals surface area contributed by atoms with Gasteiger partial charge in [0.05, 0.1) is 6.54 Å². The molecule has 1 fully saturated rings. The quantitative estimate of drug-likeness (QED) is 0.743. The number of hydrogen-bond acceptors (Lipinski definition) is 4. The van der Waals surface area contributed by atoms with Gasteiger partial charge in [-0.25, -0.2) is 8.42 Å². The molecule has 1 heterocycles. The average molecular weight is 349 g/mol. The number of nitrogens with zero attached hydrogens (tertiary/aromatic N) is 2. The van der Waals surface area contributed by atoms with E-state index in [-0.39, 0.29) is 12.5 Å². The number of amides is 1. The Balaban J connectivity index is 1.85. The molecule has 0 saturated carbocycles. The Kier molecular flexibility index (Phi) is 6.72. The fourth-order valence-corrected chi connectivity index (χ4v) is 3.58. The summed E-state index contributed by atoms with van der Waals surface area (Å²) in [5.74, 6) is -0.0739. The van der Waals surface area contributed by atoms with E-state index < -0.39 is 10.0 Å². The van der Waals surface area contributed by atoms with Gasteiger partial charge in [0.1, 0.15) is 0 Å². The molecule has 1 aliphatic heterocycles. The Labute approximate surface area is 143 Å². The van der Waals surface area contributed by atoms with Gasteiger partial charge in [-0.2, -0.15) is 4.31 Å². The van der Waals surface area contributed by atoms with E-state index in [0.29, 0.717) is 32.7 Å². The van der Waals surface area contributed by atoms with Crippen LogP contribution >= 0.6 is 0 Å². The van der Waals surface area contributed by atoms with E-state index in [0.717, 1.165) is 5.56 Å². The molecule has 0 atom stereocenters. The van der Waals surface area contributed by atoms with Crippen LogP contribution in [0.25, 0.3) is 6.08 Å². The van der Waals surface area contributed by atoms with Crippen LogP contribution in [0.5, 0.6) is 0 Å². The molecule has 0 radical (unpaired) electrons. The summed E-state index contributed by atoms with van der Waals surface area (Å²) in [6.45, 7) is 6.12. The smallest absolute Gasteiger partial charge is 0.236 e. The number of benzene rings is 1. The second kappa shape index (κ2) is 8.77. The molecule has 130 valence electrons. The Hall–Kier alpha value is -1.96. The van der Waals surface area contributed by atoms with Gasteiger partial charge < -0.3 is 5.32 Å². The molecule has 0 bridgehead atoms. The number of carbonyl (C=O) groups is 1. The van der Waals surface area contributed by atoms with Crippen molar-refractivity contribution in [2.75, 3.05) is 39.3 Å². The molecule has 0 spiro atoms. The van der Waals surface area contributed by atoms with Crippen LogP contribution in [0.15, 0.2) is 48.4 Å². The van der Waals surface area contributed by atoms with Gasteiger partial charge in [-0.05, 0) is 11.6 Å². The van der Waals surface area contributed by atoms with Crippen LogP contribution in [-0.2, 0) is 14.8 Å². The normalized spacial score (nSPS) is 17.0. The van der Waals surface area contributed by atoms with Crippen molar-refractivity contribution in [1.82, 2.24) is 14.5 Å². The maximum absolute atomic E-state index is 12.4. The molecule has 1 aromatic rings. The first kappa shape index (κ1) is 18.4. The zero-order valence-corrected chi connectivity index (χ0v) is 14.4. The summed E-state index contributed by atoms with van der Waals surface area (Å²) in [6, 6.07) is 9.32. The average Bonchev–Trinajstić information content (AvgIpc) is 2.60. The molecule has 0 aromatic heterocycles. The van der Waals surface area contributed by atoms with Crippen LogP contribution in [0, 0.1) is 0 Å². The molecule has 0 unspecified atom stereocenters. The van der Waals surface area contributed by atoms with Crippen LogP contribution in [0.3, 0.4) is 0 Å². The van der Waals surface area contributed by atoms with Crippen molar-refractivity contribution in [1.29, 1.82) is 0 Å². The van der Waals surface area contributed by atoms with Crippen LogP contribution in [0.2, 0.25) is 0 Å². The Morgan fingerprint density at radius 1 is 1.17 bits per heavy atom. The van der Waals surface area contributed by atoms with Gasteiger partial charge >= 0.3 is 0 Å². The van der Waals surface area contributed by atoms with Crippen molar-refractivity contribution in [2.24, 2.45) is 0 Å². The summed E-state index contributed by atoms with van der Waals surface area (Å²) in [5, 5.41) is 3.96. The van der Waals surface area contributed by atoms with Crippen LogP contribution in [0.4, 0.5) is 0 Å². The van der Waals surface area contributed by atoms with Gasteiger partial charge in [-0.1, -0.05) is 36.4 Å². The summed E-state index contributed by atoms with van der Waals surface area (Å²) in [5.41, 5.74) is 0.846. The van der Waals surface area contributed by atoms with Gasteiger partial charge in [0.25, 0.3) is 0 Å². The van der Waals surface area contributed by atoms with Crippen LogP contribution < -0.4 is 5.32 Å². The first-order valence-electron chi connectivity index (χ1n) is 7.84. The third-order valence-corrected chi connectivity index (χ3v) is 5.30. The highest BCUT2D eigenvalue weighted by Crippen LogP contribution is 2.11. The fraction of sp³-hybridized carbons (Fsp3) is 0.353. The van der Waals surface area contributed by atoms with Crippen LogP contribution in [-0.4, -0.2) is 62.8 Å². The number of hydrogen-bond donors (Lipinski definition) is 1. The second-order valence-corrected chi connectivity index (χ2v) is 7.34. The number of piperazine rings is 1. The second-order valence-electron chi connectivity index (χ2n) is 5.53. The Bertz CT molecular complexity index is 678. The highest BCUT2D eigenvalue weighted by molar-refractivity contribution is 7.92. The predicted molar refractivity (Wildman–Crippen MR) is 95.6 cm³/mol. The minimum absolute atomic E-state index is 0.0739. The monoisotopic (exact) mass is 349 g/mol. The molecule has 1 aliphatic rings. The molecule has 7 heteroatoms. The van der Waals surface area contributed by atoms with Crippen molar-refractivity contribution in [3.05, 3.63) is 54.0 Å². The maximum atomic E-state index is 12.4. The summed E-state index contributed by atoms with van der Waals surface area (Å²) in [7, 11) is -3.44. The number of rotatable bonds is 7. The molecule has 0 aliphatic carbocycles. The lowest BCUT2D eigenvalue weighted by atomic mass is 10.2. The molecule has 6 nitrogen and oxygen atoms in total. The third-order valence-electron chi connectivity index (χ3n) is 3.73. The molecule has 2 rings (SSSR count). The minimum atomic E-state index is -3.44. The van der Waals surface area contributed by atoms with Gasteiger partial charge in [0.2, 0.25) is 15.9 Å². The van der Waals surface area contributed by atoms with E-state index in [4.69, 9.17) is 0 Å². The lowest BCUT2D eigenvalue weighted by Gasteiger charge is -2.32. The Morgan fingerprint density at radius 2 is 1.83 bits per heavy atom. The molecular formula is C17H23N3O3S. The largest absolute Gasteiger partial charge is 0.352 e. The van der Waals surface area contributed by atoms with Gasteiger partial charge in [-0.3, -0.25) is 9.69 Å². The zero-order chi connectivity index (χ0) is 17.4. The third kappa shape index (κ3) is 5.59. The molecule has 1 amide bonds. The predicted octanol–water partition coefficient (Wildman–Crippen LogP) is 0.907. The summed E-state index contributed by atoms with van der Waals surface area (Å²) in [6.07, 6.45) is 3.23. The number of sulfonamides is 1. The van der Waals surface area contributed by atoms with Crippen LogP contribution in [0.1, 0.15) is 5.56 Å². The summed E-state index contributed by atoms with van der Waals surface area (Å²) in [4.78, 5) is 13.6. The van der Waals surface area contributed by atoms with Gasteiger partial charge in [-0.15, -0.1) is 6.58 Å².